The van der Waals surface area contributed by atoms with Crippen molar-refractivity contribution in [2.75, 3.05) is 0 Å². The topological polar surface area (TPSA) is 0 Å². The lowest BCUT2D eigenvalue weighted by Crippen LogP contribution is -1.86. The van der Waals surface area contributed by atoms with E-state index in [9.17, 15) is 8.78 Å². The molecule has 10 heavy (non-hydrogen) atoms. The summed E-state index contributed by atoms with van der Waals surface area (Å²) < 4.78 is 24.7. The largest absolute Gasteiger partial charge is 0.225 e. The lowest BCUT2D eigenvalue weighted by atomic mass is 10.2. The van der Waals surface area contributed by atoms with E-state index in [4.69, 9.17) is 11.6 Å². The molecule has 0 saturated carbocycles. The molecule has 0 radical (unpaired) electrons. The Morgan fingerprint density at radius 1 is 1.30 bits per heavy atom. The first kappa shape index (κ1) is 7.48. The maximum Gasteiger partial charge on any atom is 0.201 e. The van der Waals surface area contributed by atoms with E-state index < -0.39 is 11.4 Å². The summed E-state index contributed by atoms with van der Waals surface area (Å²) in [6, 6.07) is 5.50. The van der Waals surface area contributed by atoms with Gasteiger partial charge in [-0.05, 0) is 6.07 Å². The molecule has 0 aliphatic carbocycles. The highest BCUT2D eigenvalue weighted by Crippen LogP contribution is 2.23. The van der Waals surface area contributed by atoms with Crippen molar-refractivity contribution in [2.45, 2.75) is 5.63 Å². The molecule has 1 unspecified atom stereocenters. The molecular formula is C7H5ClF2. The molecule has 1 rings (SSSR count). The number of rotatable bonds is 1. The van der Waals surface area contributed by atoms with Crippen LogP contribution in [0.4, 0.5) is 8.78 Å². The van der Waals surface area contributed by atoms with Crippen molar-refractivity contribution in [3.8, 4) is 0 Å². The summed E-state index contributed by atoms with van der Waals surface area (Å²) in [6.07, 6.45) is 0. The highest BCUT2D eigenvalue weighted by atomic mass is 35.5. The smallest absolute Gasteiger partial charge is 0.201 e. The van der Waals surface area contributed by atoms with Gasteiger partial charge in [0.1, 0.15) is 5.82 Å². The predicted octanol–water partition coefficient (Wildman–Crippen LogP) is 3.03. The highest BCUT2D eigenvalue weighted by Gasteiger charge is 2.08. The van der Waals surface area contributed by atoms with E-state index in [1.165, 1.54) is 24.3 Å². The molecule has 0 spiro atoms. The molecule has 1 aromatic rings. The molecule has 0 fully saturated rings. The van der Waals surface area contributed by atoms with Gasteiger partial charge in [0.05, 0.1) is 0 Å². The van der Waals surface area contributed by atoms with Crippen LogP contribution in [0, 0.1) is 5.82 Å². The summed E-state index contributed by atoms with van der Waals surface area (Å²) in [5, 5.41) is 0. The maximum atomic E-state index is 12.5. The minimum atomic E-state index is -1.75. The zero-order valence-electron chi connectivity index (χ0n) is 5.02. The van der Waals surface area contributed by atoms with E-state index in [2.05, 4.69) is 0 Å². The second kappa shape index (κ2) is 2.97. The molecule has 0 aromatic heterocycles. The minimum Gasteiger partial charge on any atom is -0.225 e. The predicted molar refractivity (Wildman–Crippen MR) is 36.1 cm³/mol. The number of hydrogen-bond acceptors (Lipinski definition) is 0. The molecule has 0 amide bonds. The summed E-state index contributed by atoms with van der Waals surface area (Å²) in [6.45, 7) is 0. The molecule has 3 heteroatoms. The van der Waals surface area contributed by atoms with Crippen LogP contribution in [0.5, 0.6) is 0 Å². The van der Waals surface area contributed by atoms with Crippen LogP contribution >= 0.6 is 11.6 Å². The first-order valence-electron chi connectivity index (χ1n) is 2.74. The van der Waals surface area contributed by atoms with Crippen molar-refractivity contribution in [1.82, 2.24) is 0 Å². The summed E-state index contributed by atoms with van der Waals surface area (Å²) in [7, 11) is 0. The van der Waals surface area contributed by atoms with E-state index in [1.54, 1.807) is 0 Å². The van der Waals surface area contributed by atoms with Crippen molar-refractivity contribution in [3.05, 3.63) is 35.6 Å². The van der Waals surface area contributed by atoms with E-state index in [1.807, 2.05) is 0 Å². The Kier molecular flexibility index (Phi) is 2.22. The fourth-order valence-electron chi connectivity index (χ4n) is 0.652. The van der Waals surface area contributed by atoms with Gasteiger partial charge in [0.2, 0.25) is 5.63 Å². The average Bonchev–Trinajstić information content (AvgIpc) is 1.88. The molecule has 54 valence electrons. The second-order valence-corrected chi connectivity index (χ2v) is 2.21. The van der Waals surface area contributed by atoms with Crippen molar-refractivity contribution < 1.29 is 8.78 Å². The van der Waals surface area contributed by atoms with Gasteiger partial charge in [-0.2, -0.15) is 0 Å². The third-order valence-electron chi connectivity index (χ3n) is 1.14. The minimum absolute atomic E-state index is 0.107. The molecule has 0 nitrogen and oxygen atoms in total. The van der Waals surface area contributed by atoms with Gasteiger partial charge in [-0.25, -0.2) is 8.78 Å². The third-order valence-corrected chi connectivity index (χ3v) is 1.38. The number of alkyl halides is 2. The van der Waals surface area contributed by atoms with E-state index >= 15 is 0 Å². The Bertz CT molecular complexity index is 223. The van der Waals surface area contributed by atoms with E-state index in [0.717, 1.165) is 0 Å². The first-order valence-corrected chi connectivity index (χ1v) is 3.18. The van der Waals surface area contributed by atoms with Crippen molar-refractivity contribution in [1.29, 1.82) is 0 Å². The van der Waals surface area contributed by atoms with Crippen LogP contribution in [0.2, 0.25) is 0 Å². The van der Waals surface area contributed by atoms with Crippen LogP contribution in [0.1, 0.15) is 11.2 Å². The fraction of sp³-hybridized carbons (Fsp3) is 0.143. The Balaban J connectivity index is 3.03. The molecule has 0 saturated heterocycles. The third kappa shape index (κ3) is 1.45. The van der Waals surface area contributed by atoms with Crippen LogP contribution in [0.15, 0.2) is 24.3 Å². The van der Waals surface area contributed by atoms with Crippen molar-refractivity contribution in [2.24, 2.45) is 0 Å². The van der Waals surface area contributed by atoms with Crippen LogP contribution < -0.4 is 0 Å². The van der Waals surface area contributed by atoms with Crippen LogP contribution in [0.25, 0.3) is 0 Å². The fourth-order valence-corrected chi connectivity index (χ4v) is 0.829. The molecular weight excluding hydrogens is 158 g/mol. The average molecular weight is 163 g/mol. The normalized spacial score (nSPS) is 13.1. The maximum absolute atomic E-state index is 12.5. The molecule has 1 atom stereocenters. The standard InChI is InChI=1S/C7H5ClF2/c8-7(10)5-3-1-2-4-6(5)9/h1-4,7H. The van der Waals surface area contributed by atoms with Gasteiger partial charge >= 0.3 is 0 Å². The number of benzene rings is 1. The Labute approximate surface area is 62.4 Å². The zero-order chi connectivity index (χ0) is 7.56. The van der Waals surface area contributed by atoms with E-state index in [-0.39, 0.29) is 5.56 Å². The quantitative estimate of drug-likeness (QED) is 0.557. The van der Waals surface area contributed by atoms with Gasteiger partial charge in [0.15, 0.2) is 0 Å². The van der Waals surface area contributed by atoms with Gasteiger partial charge in [-0.1, -0.05) is 29.8 Å². The zero-order valence-corrected chi connectivity index (χ0v) is 5.78. The molecule has 0 aliphatic heterocycles. The van der Waals surface area contributed by atoms with Crippen LogP contribution in [0.3, 0.4) is 0 Å². The van der Waals surface area contributed by atoms with Gasteiger partial charge in [-0.3, -0.25) is 0 Å². The Morgan fingerprint density at radius 2 is 1.90 bits per heavy atom. The van der Waals surface area contributed by atoms with Gasteiger partial charge in [0, 0.05) is 5.56 Å². The summed E-state index contributed by atoms with van der Waals surface area (Å²) >= 11 is 5.00. The summed E-state index contributed by atoms with van der Waals surface area (Å²) in [4.78, 5) is 0. The number of halogens is 3. The molecule has 0 aliphatic rings. The first-order chi connectivity index (χ1) is 4.72. The van der Waals surface area contributed by atoms with E-state index in [0.29, 0.717) is 0 Å². The lowest BCUT2D eigenvalue weighted by molar-refractivity contribution is 0.441. The van der Waals surface area contributed by atoms with Crippen LogP contribution in [-0.2, 0) is 0 Å². The molecule has 0 N–H and O–H groups in total. The Morgan fingerprint density at radius 3 is 2.30 bits per heavy atom. The van der Waals surface area contributed by atoms with Crippen molar-refractivity contribution in [3.63, 3.8) is 0 Å². The lowest BCUT2D eigenvalue weighted by Gasteiger charge is -1.99. The van der Waals surface area contributed by atoms with Crippen LogP contribution in [-0.4, -0.2) is 0 Å². The molecule has 0 bridgehead atoms. The van der Waals surface area contributed by atoms with Gasteiger partial charge in [-0.15, -0.1) is 0 Å². The monoisotopic (exact) mass is 162 g/mol. The number of hydrogen-bond donors (Lipinski definition) is 0. The van der Waals surface area contributed by atoms with Gasteiger partial charge < -0.3 is 0 Å². The molecule has 0 heterocycles. The van der Waals surface area contributed by atoms with Crippen molar-refractivity contribution >= 4 is 11.6 Å². The van der Waals surface area contributed by atoms with Gasteiger partial charge in [0.25, 0.3) is 0 Å². The molecule has 1 aromatic carbocycles. The highest BCUT2D eigenvalue weighted by molar-refractivity contribution is 6.19. The SMILES string of the molecule is Fc1ccccc1C(F)Cl. The second-order valence-electron chi connectivity index (χ2n) is 1.82. The summed E-state index contributed by atoms with van der Waals surface area (Å²) in [5.74, 6) is -0.606. The summed E-state index contributed by atoms with van der Waals surface area (Å²) in [5.41, 5.74) is -1.86. The Hall–Kier alpha value is -0.630.